The Bertz CT molecular complexity index is 473. The molecule has 0 atom stereocenters. The third kappa shape index (κ3) is 3.41. The van der Waals surface area contributed by atoms with E-state index in [1.54, 1.807) is 0 Å². The van der Waals surface area contributed by atoms with Crippen LogP contribution in [0.5, 0.6) is 0 Å². The van der Waals surface area contributed by atoms with Gasteiger partial charge in [-0.25, -0.2) is 0 Å². The van der Waals surface area contributed by atoms with Gasteiger partial charge in [-0.15, -0.1) is 0 Å². The monoisotopic (exact) mass is 268 g/mol. The lowest BCUT2D eigenvalue weighted by Gasteiger charge is -2.09. The third-order valence-electron chi connectivity index (χ3n) is 3.00. The van der Waals surface area contributed by atoms with Crippen LogP contribution in [0.2, 0.25) is 0 Å². The number of hydrogen-bond donors (Lipinski definition) is 2. The zero-order valence-corrected chi connectivity index (χ0v) is 11.7. The summed E-state index contributed by atoms with van der Waals surface area (Å²) < 4.78 is 2.58. The van der Waals surface area contributed by atoms with Gasteiger partial charge in [0.25, 0.3) is 0 Å². The first-order valence-electron chi connectivity index (χ1n) is 6.49. The maximum atomic E-state index is 11.7. The fourth-order valence-electron chi connectivity index (χ4n) is 1.82. The molecular formula is C12H20N4OS. The van der Waals surface area contributed by atoms with Gasteiger partial charge in [-0.2, -0.15) is 5.10 Å². The Balaban J connectivity index is 1.88. The van der Waals surface area contributed by atoms with Crippen LogP contribution < -0.4 is 5.32 Å². The zero-order valence-electron chi connectivity index (χ0n) is 10.9. The molecule has 0 bridgehead atoms. The van der Waals surface area contributed by atoms with Gasteiger partial charge in [0, 0.05) is 25.4 Å². The fourth-order valence-corrected chi connectivity index (χ4v) is 2.05. The van der Waals surface area contributed by atoms with Gasteiger partial charge in [0.2, 0.25) is 5.91 Å². The van der Waals surface area contributed by atoms with Crippen molar-refractivity contribution in [1.29, 1.82) is 0 Å². The Hall–Kier alpha value is -1.17. The molecule has 1 amide bonds. The zero-order chi connectivity index (χ0) is 13.1. The molecule has 0 aliphatic heterocycles. The number of hydrogen-bond acceptors (Lipinski definition) is 3. The number of carbonyl (C=O) groups excluding carboxylic acids is 1. The van der Waals surface area contributed by atoms with E-state index in [9.17, 15) is 4.79 Å². The number of carbonyl (C=O) groups is 1. The lowest BCUT2D eigenvalue weighted by Crippen LogP contribution is -2.28. The summed E-state index contributed by atoms with van der Waals surface area (Å²) in [7, 11) is 0. The van der Waals surface area contributed by atoms with E-state index in [0.29, 0.717) is 29.6 Å². The SMILES string of the molecule is CC(C)CNC(=O)CCn1c(C2CC2)n[nH]c1=S. The Labute approximate surface area is 112 Å². The number of aromatic amines is 1. The molecule has 0 unspecified atom stereocenters. The Morgan fingerprint density at radius 1 is 1.61 bits per heavy atom. The van der Waals surface area contributed by atoms with Crippen LogP contribution in [-0.4, -0.2) is 27.2 Å². The van der Waals surface area contributed by atoms with E-state index < -0.39 is 0 Å². The van der Waals surface area contributed by atoms with Gasteiger partial charge < -0.3 is 9.88 Å². The highest BCUT2D eigenvalue weighted by Crippen LogP contribution is 2.38. The van der Waals surface area contributed by atoms with E-state index in [1.807, 2.05) is 4.57 Å². The maximum absolute atomic E-state index is 11.7. The predicted molar refractivity (Wildman–Crippen MR) is 71.9 cm³/mol. The minimum Gasteiger partial charge on any atom is -0.356 e. The molecule has 5 nitrogen and oxygen atoms in total. The summed E-state index contributed by atoms with van der Waals surface area (Å²) in [6.45, 7) is 5.51. The van der Waals surface area contributed by atoms with Gasteiger partial charge in [0.15, 0.2) is 4.77 Å². The van der Waals surface area contributed by atoms with Crippen LogP contribution in [0.4, 0.5) is 0 Å². The van der Waals surface area contributed by atoms with Gasteiger partial charge in [-0.05, 0) is 31.0 Å². The highest BCUT2D eigenvalue weighted by Gasteiger charge is 2.28. The molecule has 0 radical (unpaired) electrons. The second kappa shape index (κ2) is 5.65. The summed E-state index contributed by atoms with van der Waals surface area (Å²) in [4.78, 5) is 11.7. The third-order valence-corrected chi connectivity index (χ3v) is 3.31. The summed E-state index contributed by atoms with van der Waals surface area (Å²) in [5.41, 5.74) is 0. The Morgan fingerprint density at radius 3 is 2.94 bits per heavy atom. The lowest BCUT2D eigenvalue weighted by molar-refractivity contribution is -0.121. The Morgan fingerprint density at radius 2 is 2.33 bits per heavy atom. The largest absolute Gasteiger partial charge is 0.356 e. The maximum Gasteiger partial charge on any atom is 0.221 e. The van der Waals surface area contributed by atoms with Crippen LogP contribution in [-0.2, 0) is 11.3 Å². The first kappa shape index (κ1) is 13.3. The molecule has 18 heavy (non-hydrogen) atoms. The molecule has 1 aromatic heterocycles. The number of amides is 1. The number of nitrogens with zero attached hydrogens (tertiary/aromatic N) is 2. The molecule has 1 aromatic rings. The average molecular weight is 268 g/mol. The van der Waals surface area contributed by atoms with Crippen molar-refractivity contribution in [2.24, 2.45) is 5.92 Å². The normalized spacial score (nSPS) is 15.1. The molecule has 0 aromatic carbocycles. The predicted octanol–water partition coefficient (Wildman–Crippen LogP) is 1.98. The topological polar surface area (TPSA) is 62.7 Å². The summed E-state index contributed by atoms with van der Waals surface area (Å²) in [5, 5.41) is 9.97. The van der Waals surface area contributed by atoms with Crippen molar-refractivity contribution in [1.82, 2.24) is 20.1 Å². The highest BCUT2D eigenvalue weighted by atomic mass is 32.1. The van der Waals surface area contributed by atoms with Crippen molar-refractivity contribution < 1.29 is 4.79 Å². The standard InChI is InChI=1S/C12H20N4OS/c1-8(2)7-13-10(17)5-6-16-11(9-3-4-9)14-15-12(16)18/h8-9H,3-7H2,1-2H3,(H,13,17)(H,15,18). The van der Waals surface area contributed by atoms with E-state index in [1.165, 1.54) is 12.8 Å². The molecular weight excluding hydrogens is 248 g/mol. The van der Waals surface area contributed by atoms with Crippen LogP contribution in [0.15, 0.2) is 0 Å². The van der Waals surface area contributed by atoms with Crippen LogP contribution in [0.3, 0.4) is 0 Å². The summed E-state index contributed by atoms with van der Waals surface area (Å²) >= 11 is 5.19. The molecule has 1 saturated carbocycles. The lowest BCUT2D eigenvalue weighted by atomic mass is 10.2. The van der Waals surface area contributed by atoms with Gasteiger partial charge in [0.05, 0.1) is 0 Å². The number of aromatic nitrogens is 3. The van der Waals surface area contributed by atoms with Gasteiger partial charge in [-0.1, -0.05) is 13.8 Å². The van der Waals surface area contributed by atoms with Crippen molar-refractivity contribution in [3.8, 4) is 0 Å². The first-order valence-corrected chi connectivity index (χ1v) is 6.90. The molecule has 1 aliphatic carbocycles. The van der Waals surface area contributed by atoms with E-state index in [2.05, 4.69) is 29.4 Å². The second-order valence-corrected chi connectivity index (χ2v) is 5.65. The molecule has 2 rings (SSSR count). The van der Waals surface area contributed by atoms with Crippen molar-refractivity contribution in [3.63, 3.8) is 0 Å². The summed E-state index contributed by atoms with van der Waals surface area (Å²) in [6, 6.07) is 0. The van der Waals surface area contributed by atoms with Crippen LogP contribution in [0.1, 0.15) is 44.9 Å². The van der Waals surface area contributed by atoms with Crippen molar-refractivity contribution in [2.75, 3.05) is 6.54 Å². The molecule has 0 spiro atoms. The number of nitrogens with one attached hydrogen (secondary N) is 2. The molecule has 6 heteroatoms. The van der Waals surface area contributed by atoms with E-state index in [-0.39, 0.29) is 5.91 Å². The molecule has 1 heterocycles. The van der Waals surface area contributed by atoms with E-state index in [0.717, 1.165) is 12.4 Å². The van der Waals surface area contributed by atoms with Crippen LogP contribution in [0.25, 0.3) is 0 Å². The van der Waals surface area contributed by atoms with Gasteiger partial charge in [0.1, 0.15) is 5.82 Å². The average Bonchev–Trinajstić information content (AvgIpc) is 3.09. The molecule has 100 valence electrons. The fraction of sp³-hybridized carbons (Fsp3) is 0.750. The molecule has 0 saturated heterocycles. The number of rotatable bonds is 6. The first-order chi connectivity index (χ1) is 8.58. The van der Waals surface area contributed by atoms with Crippen molar-refractivity contribution >= 4 is 18.1 Å². The summed E-state index contributed by atoms with van der Waals surface area (Å²) in [6.07, 6.45) is 2.82. The number of H-pyrrole nitrogens is 1. The molecule has 1 fully saturated rings. The summed E-state index contributed by atoms with van der Waals surface area (Å²) in [5.74, 6) is 2.11. The second-order valence-electron chi connectivity index (χ2n) is 5.26. The minimum absolute atomic E-state index is 0.0774. The Kier molecular flexibility index (Phi) is 4.16. The molecule has 2 N–H and O–H groups in total. The smallest absolute Gasteiger partial charge is 0.221 e. The van der Waals surface area contributed by atoms with Crippen molar-refractivity contribution in [2.45, 2.75) is 45.6 Å². The van der Waals surface area contributed by atoms with Crippen LogP contribution in [0, 0.1) is 10.7 Å². The van der Waals surface area contributed by atoms with Crippen LogP contribution >= 0.6 is 12.2 Å². The van der Waals surface area contributed by atoms with Gasteiger partial charge in [-0.3, -0.25) is 9.89 Å². The highest BCUT2D eigenvalue weighted by molar-refractivity contribution is 7.71. The van der Waals surface area contributed by atoms with Gasteiger partial charge >= 0.3 is 0 Å². The minimum atomic E-state index is 0.0774. The van der Waals surface area contributed by atoms with E-state index >= 15 is 0 Å². The quantitative estimate of drug-likeness (QED) is 0.775. The van der Waals surface area contributed by atoms with Crippen molar-refractivity contribution in [3.05, 3.63) is 10.6 Å². The molecule has 1 aliphatic rings. The van der Waals surface area contributed by atoms with E-state index in [4.69, 9.17) is 12.2 Å².